The molecule has 4 fully saturated rings. The van der Waals surface area contributed by atoms with Gasteiger partial charge in [-0.1, -0.05) is 31.1 Å². The maximum Gasteiger partial charge on any atom is 0.306 e. The highest BCUT2D eigenvalue weighted by molar-refractivity contribution is 5.99. The highest BCUT2D eigenvalue weighted by Gasteiger charge is 2.53. The molecule has 0 amide bonds. The van der Waals surface area contributed by atoms with Crippen molar-refractivity contribution in [2.24, 2.45) is 41.4 Å². The summed E-state index contributed by atoms with van der Waals surface area (Å²) in [4.78, 5) is 27.5. The monoisotopic (exact) mass is 630 g/mol. The summed E-state index contributed by atoms with van der Waals surface area (Å²) in [5.74, 6) is 0.217. The second-order valence-corrected chi connectivity index (χ2v) is 14.7. The first kappa shape index (κ1) is 33.3. The van der Waals surface area contributed by atoms with Crippen LogP contribution in [0.2, 0.25) is 0 Å². The summed E-state index contributed by atoms with van der Waals surface area (Å²) in [7, 11) is 4.96. The highest BCUT2D eigenvalue weighted by Crippen LogP contribution is 2.56. The van der Waals surface area contributed by atoms with Gasteiger partial charge in [-0.25, -0.2) is 0 Å². The Morgan fingerprint density at radius 2 is 1.56 bits per heavy atom. The lowest BCUT2D eigenvalue weighted by Gasteiger charge is -2.44. The minimum absolute atomic E-state index is 0.0231. The quantitative estimate of drug-likeness (QED) is 0.327. The van der Waals surface area contributed by atoms with Crippen molar-refractivity contribution in [3.63, 3.8) is 0 Å². The van der Waals surface area contributed by atoms with E-state index in [2.05, 4.69) is 19.1 Å². The summed E-state index contributed by atoms with van der Waals surface area (Å²) in [6.07, 6.45) is 9.08. The van der Waals surface area contributed by atoms with Crippen LogP contribution in [0, 0.1) is 41.4 Å². The van der Waals surface area contributed by atoms with Crippen molar-refractivity contribution >= 4 is 11.8 Å². The van der Waals surface area contributed by atoms with Crippen LogP contribution in [0.5, 0.6) is 0 Å². The molecule has 4 aliphatic carbocycles. The Morgan fingerprint density at radius 1 is 0.844 bits per heavy atom. The largest absolute Gasteiger partial charge is 0.462 e. The molecule has 0 spiro atoms. The van der Waals surface area contributed by atoms with Gasteiger partial charge < -0.3 is 33.5 Å². The number of aliphatic hydroxyl groups excluding tert-OH is 1. The van der Waals surface area contributed by atoms with Crippen LogP contribution < -0.4 is 0 Å². The fourth-order valence-electron chi connectivity index (χ4n) is 9.50. The Labute approximate surface area is 268 Å². The average Bonchev–Trinajstić information content (AvgIpc) is 3.56. The Bertz CT molecular complexity index is 1150. The maximum absolute atomic E-state index is 14.0. The lowest BCUT2D eigenvalue weighted by Crippen LogP contribution is -2.59. The SMILES string of the molecule is COC1C(C)OC(OC2CC3C(C)=CC4C5CC(=O)OC(C6CCC6)CCCC(O)C(C)C(=O)C5=CC4C3C2)C(OC)C1OC. The number of hydrogen-bond acceptors (Lipinski definition) is 9. The number of aliphatic hydroxyl groups is 1. The molecular weight excluding hydrogens is 576 g/mol. The fraction of sp³-hybridized carbons (Fsp3) is 0.833. The van der Waals surface area contributed by atoms with Gasteiger partial charge in [0.2, 0.25) is 0 Å². The van der Waals surface area contributed by atoms with E-state index < -0.39 is 24.4 Å². The third kappa shape index (κ3) is 6.34. The Kier molecular flexibility index (Phi) is 10.2. The van der Waals surface area contributed by atoms with Gasteiger partial charge in [0, 0.05) is 33.2 Å². The number of Topliss-reactive ketones (excluding diaryl/α,β-unsaturated/α-hetero) is 1. The first-order valence-electron chi connectivity index (χ1n) is 17.4. The minimum Gasteiger partial charge on any atom is -0.462 e. The first-order chi connectivity index (χ1) is 21.6. The van der Waals surface area contributed by atoms with Crippen molar-refractivity contribution in [1.29, 1.82) is 0 Å². The third-order valence-corrected chi connectivity index (χ3v) is 12.3. The zero-order valence-electron chi connectivity index (χ0n) is 27.9. The summed E-state index contributed by atoms with van der Waals surface area (Å²) in [6.45, 7) is 6.00. The number of hydrogen-bond donors (Lipinski definition) is 1. The topological polar surface area (TPSA) is 110 Å². The number of cyclic esters (lactones) is 1. The van der Waals surface area contributed by atoms with Gasteiger partial charge >= 0.3 is 5.97 Å². The standard InChI is InChI=1S/C36H54O9/c1-18-13-24-26(25-15-22(14-23(18)25)44-36-35(42-6)34(41-5)33(40-4)20(3)43-36)16-28-27(24)17-31(38)45-30(21-9-7-10-21)12-8-11-29(37)19(2)32(28)39/h13,16,19-27,29-30,33-37H,7-12,14-15,17H2,1-6H3. The normalized spacial score (nSPS) is 46.0. The van der Waals surface area contributed by atoms with Gasteiger partial charge in [0.1, 0.15) is 24.4 Å². The van der Waals surface area contributed by atoms with Gasteiger partial charge in [-0.15, -0.1) is 0 Å². The number of carbonyl (C=O) groups is 2. The molecule has 9 nitrogen and oxygen atoms in total. The van der Waals surface area contributed by atoms with Crippen LogP contribution in [0.3, 0.4) is 0 Å². The molecule has 0 aromatic rings. The molecule has 2 saturated heterocycles. The van der Waals surface area contributed by atoms with E-state index in [9.17, 15) is 14.7 Å². The van der Waals surface area contributed by atoms with Crippen LogP contribution in [-0.4, -0.2) is 87.2 Å². The number of rotatable bonds is 6. The Morgan fingerprint density at radius 3 is 2.22 bits per heavy atom. The third-order valence-electron chi connectivity index (χ3n) is 12.3. The molecule has 14 atom stereocenters. The number of ketones is 1. The van der Waals surface area contributed by atoms with Crippen molar-refractivity contribution < 1.29 is 43.1 Å². The van der Waals surface area contributed by atoms with Gasteiger partial charge in [-0.2, -0.15) is 0 Å². The predicted molar refractivity (Wildman–Crippen MR) is 166 cm³/mol. The second kappa shape index (κ2) is 13.9. The van der Waals surface area contributed by atoms with Crippen LogP contribution in [0.25, 0.3) is 0 Å². The molecule has 0 aromatic heterocycles. The summed E-state index contributed by atoms with van der Waals surface area (Å²) in [6, 6.07) is 0. The van der Waals surface area contributed by atoms with Crippen LogP contribution in [-0.2, 0) is 38.0 Å². The number of fused-ring (bicyclic) bond motifs is 5. The molecule has 6 rings (SSSR count). The molecule has 2 aliphatic heterocycles. The maximum atomic E-state index is 14.0. The number of esters is 1. The number of ether oxygens (including phenoxy) is 6. The number of allylic oxidation sites excluding steroid dienone is 4. The average molecular weight is 631 g/mol. The van der Waals surface area contributed by atoms with Gasteiger partial charge in [0.05, 0.1) is 24.7 Å². The zero-order valence-corrected chi connectivity index (χ0v) is 27.9. The van der Waals surface area contributed by atoms with Gasteiger partial charge in [-0.3, -0.25) is 9.59 Å². The van der Waals surface area contributed by atoms with E-state index >= 15 is 0 Å². The van der Waals surface area contributed by atoms with Crippen molar-refractivity contribution in [2.45, 2.75) is 128 Å². The summed E-state index contributed by atoms with van der Waals surface area (Å²) in [5, 5.41) is 11.0. The molecule has 14 unspecified atom stereocenters. The molecule has 0 radical (unpaired) electrons. The van der Waals surface area contributed by atoms with Crippen molar-refractivity contribution in [2.75, 3.05) is 21.3 Å². The summed E-state index contributed by atoms with van der Waals surface area (Å²) >= 11 is 0. The molecule has 0 bridgehead atoms. The minimum atomic E-state index is -0.701. The molecule has 2 saturated carbocycles. The molecule has 1 N–H and O–H groups in total. The van der Waals surface area contributed by atoms with E-state index in [0.29, 0.717) is 23.8 Å². The molecule has 0 aromatic carbocycles. The Balaban J connectivity index is 1.22. The number of methoxy groups -OCH3 is 3. The van der Waals surface area contributed by atoms with E-state index in [1.54, 1.807) is 21.3 Å². The Hall–Kier alpha value is -1.62. The fourth-order valence-corrected chi connectivity index (χ4v) is 9.50. The molecule has 2 heterocycles. The van der Waals surface area contributed by atoms with Crippen molar-refractivity contribution in [1.82, 2.24) is 0 Å². The van der Waals surface area contributed by atoms with Crippen LogP contribution >= 0.6 is 0 Å². The molecule has 45 heavy (non-hydrogen) atoms. The smallest absolute Gasteiger partial charge is 0.306 e. The van der Waals surface area contributed by atoms with Gasteiger partial charge in [0.25, 0.3) is 0 Å². The predicted octanol–water partition coefficient (Wildman–Crippen LogP) is 4.79. The van der Waals surface area contributed by atoms with E-state index in [4.69, 9.17) is 28.4 Å². The lowest BCUT2D eigenvalue weighted by molar-refractivity contribution is -0.314. The van der Waals surface area contributed by atoms with Crippen molar-refractivity contribution in [3.8, 4) is 0 Å². The second-order valence-electron chi connectivity index (χ2n) is 14.7. The summed E-state index contributed by atoms with van der Waals surface area (Å²) in [5.41, 5.74) is 2.01. The van der Waals surface area contributed by atoms with Gasteiger partial charge in [0.15, 0.2) is 12.1 Å². The van der Waals surface area contributed by atoms with Gasteiger partial charge in [-0.05, 0) is 94.0 Å². The number of carbonyl (C=O) groups excluding carboxylic acids is 2. The van der Waals surface area contributed by atoms with Crippen LogP contribution in [0.15, 0.2) is 23.3 Å². The van der Waals surface area contributed by atoms with E-state index in [1.807, 2.05) is 13.8 Å². The zero-order chi connectivity index (χ0) is 32.0. The molecule has 6 aliphatic rings. The highest BCUT2D eigenvalue weighted by atomic mass is 16.7. The van der Waals surface area contributed by atoms with E-state index in [0.717, 1.165) is 38.5 Å². The van der Waals surface area contributed by atoms with E-state index in [1.165, 1.54) is 12.0 Å². The van der Waals surface area contributed by atoms with Crippen molar-refractivity contribution in [3.05, 3.63) is 23.3 Å². The first-order valence-corrected chi connectivity index (χ1v) is 17.4. The lowest BCUT2D eigenvalue weighted by atomic mass is 9.67. The molecule has 9 heteroatoms. The summed E-state index contributed by atoms with van der Waals surface area (Å²) < 4.78 is 36.4. The van der Waals surface area contributed by atoms with Crippen LogP contribution in [0.1, 0.15) is 78.6 Å². The van der Waals surface area contributed by atoms with Crippen LogP contribution in [0.4, 0.5) is 0 Å². The molecule has 252 valence electrons. The van der Waals surface area contributed by atoms with E-state index in [-0.39, 0.29) is 72.4 Å². The molecular formula is C36H54O9.